The van der Waals surface area contributed by atoms with Crippen LogP contribution in [0.25, 0.3) is 10.6 Å². The van der Waals surface area contributed by atoms with Gasteiger partial charge in [-0.2, -0.15) is 13.5 Å². The van der Waals surface area contributed by atoms with Crippen LogP contribution in [0.4, 0.5) is 8.78 Å². The summed E-state index contributed by atoms with van der Waals surface area (Å²) in [5, 5.41) is 13.4. The normalized spacial score (nSPS) is 23.6. The number of nitrogens with zero attached hydrogens (tertiary/aromatic N) is 1. The first-order valence-electron chi connectivity index (χ1n) is 9.17. The van der Waals surface area contributed by atoms with Crippen LogP contribution < -0.4 is 4.72 Å². The molecule has 7 nitrogen and oxygen atoms in total. The molecule has 1 aromatic carbocycles. The van der Waals surface area contributed by atoms with Crippen molar-refractivity contribution in [3.8, 4) is 10.6 Å². The molecule has 1 fully saturated rings. The number of sulfonamides is 1. The predicted molar refractivity (Wildman–Crippen MR) is 108 cm³/mol. The zero-order valence-electron chi connectivity index (χ0n) is 16.4. The topological polar surface area (TPSA) is 110 Å². The maximum absolute atomic E-state index is 13.4. The third kappa shape index (κ3) is 3.56. The Balaban J connectivity index is 1.63. The van der Waals surface area contributed by atoms with Crippen LogP contribution >= 0.6 is 11.3 Å². The van der Waals surface area contributed by atoms with Crippen molar-refractivity contribution in [1.29, 1.82) is 0 Å². The first kappa shape index (κ1) is 21.6. The predicted octanol–water partition coefficient (Wildman–Crippen LogP) is 3.98. The van der Waals surface area contributed by atoms with Gasteiger partial charge in [0, 0.05) is 18.4 Å². The Bertz CT molecular complexity index is 1250. The molecule has 2 N–H and O–H groups in total. The van der Waals surface area contributed by atoms with Gasteiger partial charge in [-0.1, -0.05) is 42.4 Å². The smallest absolute Gasteiger partial charge is 0.325 e. The van der Waals surface area contributed by atoms with E-state index in [1.807, 2.05) is 0 Å². The lowest BCUT2D eigenvalue weighted by Crippen LogP contribution is -2.47. The average molecular weight is 469 g/mol. The van der Waals surface area contributed by atoms with E-state index in [2.05, 4.69) is 14.4 Å². The van der Waals surface area contributed by atoms with Gasteiger partial charge in [0.2, 0.25) is 5.76 Å². The standard InChI is InChI=1S/C20H18F2N2O5S2/c1-18(12-6-4-3-5-7-12)11-20(18,17(25)26)24-31(27,28)16-9-8-14(30-16)13-10-15(29-23-13)19(2,21)22/h3-10,24H,11H2,1-2H3,(H,25,26)/t18-,20-/m1/s1. The summed E-state index contributed by atoms with van der Waals surface area (Å²) in [6, 6.07) is 12.6. The Kier molecular flexibility index (Phi) is 4.83. The highest BCUT2D eigenvalue weighted by atomic mass is 32.2. The summed E-state index contributed by atoms with van der Waals surface area (Å²) in [5.74, 6) is -5.13. The monoisotopic (exact) mass is 468 g/mol. The molecule has 1 aliphatic rings. The third-order valence-electron chi connectivity index (χ3n) is 5.56. The fourth-order valence-electron chi connectivity index (χ4n) is 3.62. The van der Waals surface area contributed by atoms with Gasteiger partial charge in [-0.15, -0.1) is 11.3 Å². The van der Waals surface area contributed by atoms with Crippen LogP contribution in [0.5, 0.6) is 0 Å². The van der Waals surface area contributed by atoms with Gasteiger partial charge in [-0.05, 0) is 24.1 Å². The lowest BCUT2D eigenvalue weighted by Gasteiger charge is -2.20. The zero-order chi connectivity index (χ0) is 22.7. The molecule has 164 valence electrons. The van der Waals surface area contributed by atoms with Crippen LogP contribution in [0.1, 0.15) is 31.6 Å². The van der Waals surface area contributed by atoms with Gasteiger partial charge in [0.05, 0.1) is 4.88 Å². The summed E-state index contributed by atoms with van der Waals surface area (Å²) >= 11 is 0.782. The number of hydrogen-bond donors (Lipinski definition) is 2. The minimum Gasteiger partial charge on any atom is -0.480 e. The number of hydrogen-bond acceptors (Lipinski definition) is 6. The van der Waals surface area contributed by atoms with Crippen LogP contribution in [0.2, 0.25) is 0 Å². The Morgan fingerprint density at radius 3 is 2.52 bits per heavy atom. The second-order valence-electron chi connectivity index (χ2n) is 7.77. The number of halogens is 2. The largest absolute Gasteiger partial charge is 0.480 e. The van der Waals surface area contributed by atoms with Crippen molar-refractivity contribution in [1.82, 2.24) is 9.88 Å². The summed E-state index contributed by atoms with van der Waals surface area (Å²) in [6.07, 6.45) is 0.0923. The van der Waals surface area contributed by atoms with Gasteiger partial charge in [0.25, 0.3) is 10.0 Å². The molecule has 0 aliphatic heterocycles. The second kappa shape index (κ2) is 6.94. The SMILES string of the molecule is CC(F)(F)c1cc(-c2ccc(S(=O)(=O)N[C@@]3(C(=O)O)C[C@]3(C)c3ccccc3)s2)no1. The molecule has 1 saturated carbocycles. The van der Waals surface area contributed by atoms with Crippen LogP contribution in [-0.4, -0.2) is 30.2 Å². The van der Waals surface area contributed by atoms with Crippen molar-refractivity contribution >= 4 is 27.3 Å². The van der Waals surface area contributed by atoms with E-state index in [1.54, 1.807) is 37.3 Å². The van der Waals surface area contributed by atoms with Crippen molar-refractivity contribution in [3.05, 3.63) is 59.9 Å². The summed E-state index contributed by atoms with van der Waals surface area (Å²) in [4.78, 5) is 12.4. The van der Waals surface area contributed by atoms with Gasteiger partial charge in [-0.25, -0.2) is 8.42 Å². The molecule has 1 aliphatic carbocycles. The molecule has 0 saturated heterocycles. The Morgan fingerprint density at radius 1 is 1.26 bits per heavy atom. The molecule has 0 bridgehead atoms. The van der Waals surface area contributed by atoms with Crippen molar-refractivity contribution in [3.63, 3.8) is 0 Å². The summed E-state index contributed by atoms with van der Waals surface area (Å²) in [7, 11) is -4.21. The summed E-state index contributed by atoms with van der Waals surface area (Å²) in [5.41, 5.74) is -1.83. The molecule has 2 atom stereocenters. The number of benzene rings is 1. The minimum atomic E-state index is -4.21. The van der Waals surface area contributed by atoms with Gasteiger partial charge in [-0.3, -0.25) is 4.79 Å². The van der Waals surface area contributed by atoms with Gasteiger partial charge in [0.1, 0.15) is 15.4 Å². The molecule has 0 unspecified atom stereocenters. The Hall–Kier alpha value is -2.63. The zero-order valence-corrected chi connectivity index (χ0v) is 18.1. The summed E-state index contributed by atoms with van der Waals surface area (Å²) in [6.45, 7) is 2.36. The van der Waals surface area contributed by atoms with E-state index < -0.39 is 38.6 Å². The van der Waals surface area contributed by atoms with Crippen molar-refractivity contribution in [2.24, 2.45) is 0 Å². The van der Waals surface area contributed by atoms with E-state index in [0.29, 0.717) is 17.4 Å². The Labute approximate surface area is 180 Å². The first-order valence-corrected chi connectivity index (χ1v) is 11.5. The number of carboxylic acids is 1. The highest BCUT2D eigenvalue weighted by Crippen LogP contribution is 2.58. The van der Waals surface area contributed by atoms with Crippen LogP contribution in [0.3, 0.4) is 0 Å². The molecule has 4 rings (SSSR count). The minimum absolute atomic E-state index is 0.0662. The molecular formula is C20H18F2N2O5S2. The van der Waals surface area contributed by atoms with E-state index in [9.17, 15) is 27.1 Å². The lowest BCUT2D eigenvalue weighted by atomic mass is 9.93. The molecule has 2 heterocycles. The van der Waals surface area contributed by atoms with Gasteiger partial charge < -0.3 is 9.63 Å². The van der Waals surface area contributed by atoms with E-state index >= 15 is 0 Å². The maximum atomic E-state index is 13.4. The van der Waals surface area contributed by atoms with E-state index in [4.69, 9.17) is 0 Å². The van der Waals surface area contributed by atoms with E-state index in [1.165, 1.54) is 12.1 Å². The van der Waals surface area contributed by atoms with E-state index in [-0.39, 0.29) is 16.3 Å². The highest BCUT2D eigenvalue weighted by Gasteiger charge is 2.72. The molecule has 0 amide bonds. The number of nitrogens with one attached hydrogen (secondary N) is 1. The lowest BCUT2D eigenvalue weighted by molar-refractivity contribution is -0.140. The number of carboxylic acid groups (broad SMARTS) is 1. The van der Waals surface area contributed by atoms with E-state index in [0.717, 1.165) is 17.4 Å². The molecule has 3 aromatic rings. The highest BCUT2D eigenvalue weighted by molar-refractivity contribution is 7.91. The van der Waals surface area contributed by atoms with Crippen molar-refractivity contribution < 1.29 is 31.6 Å². The molecule has 2 aromatic heterocycles. The van der Waals surface area contributed by atoms with Crippen LogP contribution in [0.15, 0.2) is 57.3 Å². The molecule has 31 heavy (non-hydrogen) atoms. The number of rotatable bonds is 7. The fourth-order valence-corrected chi connectivity index (χ4v) is 6.34. The van der Waals surface area contributed by atoms with Crippen LogP contribution in [0, 0.1) is 0 Å². The van der Waals surface area contributed by atoms with Gasteiger partial charge in [0.15, 0.2) is 0 Å². The van der Waals surface area contributed by atoms with Crippen molar-refractivity contribution in [2.75, 3.05) is 0 Å². The maximum Gasteiger partial charge on any atom is 0.325 e. The number of carbonyl (C=O) groups is 1. The first-order chi connectivity index (χ1) is 14.4. The van der Waals surface area contributed by atoms with Crippen LogP contribution in [-0.2, 0) is 26.2 Å². The molecular weight excluding hydrogens is 450 g/mol. The Morgan fingerprint density at radius 2 is 1.94 bits per heavy atom. The molecule has 0 radical (unpaired) electrons. The average Bonchev–Trinajstić information content (AvgIpc) is 3.12. The third-order valence-corrected chi connectivity index (χ3v) is 8.66. The fraction of sp³-hybridized carbons (Fsp3) is 0.300. The molecule has 11 heteroatoms. The number of alkyl halides is 2. The second-order valence-corrected chi connectivity index (χ2v) is 10.8. The number of aliphatic carboxylic acids is 1. The number of aromatic nitrogens is 1. The van der Waals surface area contributed by atoms with Gasteiger partial charge >= 0.3 is 11.9 Å². The quantitative estimate of drug-likeness (QED) is 0.543. The number of thiophene rings is 1. The van der Waals surface area contributed by atoms with Crippen molar-refractivity contribution in [2.45, 2.75) is 41.4 Å². The molecule has 0 spiro atoms. The summed E-state index contributed by atoms with van der Waals surface area (Å²) < 4.78 is 59.6.